The molecule has 0 aromatic rings. The maximum absolute atomic E-state index is 3.21. The van der Waals surface area contributed by atoms with Crippen LogP contribution >= 0.6 is 0 Å². The fourth-order valence-corrected chi connectivity index (χ4v) is 3.19. The molecular formula is C19H21N. The lowest BCUT2D eigenvalue weighted by Gasteiger charge is -2.37. The molecule has 0 heterocycles. The molecule has 0 aromatic heterocycles. The quantitative estimate of drug-likeness (QED) is 0.758. The first-order valence-electron chi connectivity index (χ1n) is 7.34. The average Bonchev–Trinajstić information content (AvgIpc) is 2.64. The maximum Gasteiger partial charge on any atom is 0.0425 e. The smallest absolute Gasteiger partial charge is 0.0425 e. The number of hydrogen-bond donors (Lipinski definition) is 1. The van der Waals surface area contributed by atoms with E-state index in [1.54, 1.807) is 0 Å². The Balaban J connectivity index is 2.04. The van der Waals surface area contributed by atoms with Crippen LogP contribution in [0.5, 0.6) is 0 Å². The van der Waals surface area contributed by atoms with Crippen LogP contribution in [0.3, 0.4) is 0 Å². The van der Waals surface area contributed by atoms with Crippen LogP contribution in [0.2, 0.25) is 0 Å². The minimum Gasteiger partial charge on any atom is -0.319 e. The molecule has 1 atom stereocenters. The highest BCUT2D eigenvalue weighted by Crippen LogP contribution is 2.49. The van der Waals surface area contributed by atoms with E-state index in [1.807, 2.05) is 7.05 Å². The highest BCUT2D eigenvalue weighted by Gasteiger charge is 2.37. The Kier molecular flexibility index (Phi) is 3.70. The molecule has 0 fully saturated rings. The molecule has 1 unspecified atom stereocenters. The minimum absolute atomic E-state index is 0.0402. The molecule has 3 rings (SSSR count). The molecule has 0 aromatic carbocycles. The molecule has 102 valence electrons. The Labute approximate surface area is 121 Å². The number of nitrogens with one attached hydrogen (secondary N) is 1. The van der Waals surface area contributed by atoms with Gasteiger partial charge in [0.2, 0.25) is 0 Å². The molecule has 0 radical (unpaired) electrons. The summed E-state index contributed by atoms with van der Waals surface area (Å²) in [7, 11) is 2.00. The largest absolute Gasteiger partial charge is 0.319 e. The van der Waals surface area contributed by atoms with E-state index >= 15 is 0 Å². The van der Waals surface area contributed by atoms with Gasteiger partial charge in [0, 0.05) is 5.41 Å². The Hall–Kier alpha value is -1.86. The van der Waals surface area contributed by atoms with Gasteiger partial charge < -0.3 is 5.32 Å². The van der Waals surface area contributed by atoms with Gasteiger partial charge in [-0.1, -0.05) is 66.8 Å². The van der Waals surface area contributed by atoms with Crippen LogP contribution in [0.1, 0.15) is 12.8 Å². The molecule has 1 heteroatoms. The van der Waals surface area contributed by atoms with Crippen molar-refractivity contribution in [3.63, 3.8) is 0 Å². The molecule has 0 saturated carbocycles. The van der Waals surface area contributed by atoms with Gasteiger partial charge in [0.05, 0.1) is 0 Å². The van der Waals surface area contributed by atoms with Crippen molar-refractivity contribution >= 4 is 0 Å². The molecule has 1 nitrogen and oxygen atoms in total. The van der Waals surface area contributed by atoms with Crippen molar-refractivity contribution in [2.75, 3.05) is 13.6 Å². The van der Waals surface area contributed by atoms with Crippen LogP contribution in [0.15, 0.2) is 83.6 Å². The summed E-state index contributed by atoms with van der Waals surface area (Å²) in [5.41, 5.74) is 4.22. The SMILES string of the molecule is CNCCC=C1C=CC=C2C=CC=CC23CC=CC=C13. The van der Waals surface area contributed by atoms with Crippen LogP contribution in [0.4, 0.5) is 0 Å². The van der Waals surface area contributed by atoms with Gasteiger partial charge in [-0.3, -0.25) is 0 Å². The van der Waals surface area contributed by atoms with Gasteiger partial charge in [0.25, 0.3) is 0 Å². The molecule has 3 aliphatic rings. The summed E-state index contributed by atoms with van der Waals surface area (Å²) in [5, 5.41) is 3.21. The third-order valence-corrected chi connectivity index (χ3v) is 4.22. The van der Waals surface area contributed by atoms with Crippen molar-refractivity contribution in [3.8, 4) is 0 Å². The number of rotatable bonds is 3. The molecule has 0 saturated heterocycles. The second kappa shape index (κ2) is 5.64. The van der Waals surface area contributed by atoms with Crippen molar-refractivity contribution < 1.29 is 0 Å². The van der Waals surface area contributed by atoms with Crippen molar-refractivity contribution in [3.05, 3.63) is 83.6 Å². The van der Waals surface area contributed by atoms with Gasteiger partial charge in [-0.05, 0) is 43.2 Å². The lowest BCUT2D eigenvalue weighted by atomic mass is 9.66. The summed E-state index contributed by atoms with van der Waals surface area (Å²) in [4.78, 5) is 0. The molecular weight excluding hydrogens is 242 g/mol. The Morgan fingerprint density at radius 2 is 2.10 bits per heavy atom. The zero-order valence-electron chi connectivity index (χ0n) is 12.0. The van der Waals surface area contributed by atoms with Crippen LogP contribution in [-0.2, 0) is 0 Å². The number of hydrogen-bond acceptors (Lipinski definition) is 1. The standard InChI is InChI=1S/C19H21N/c1-20-15-7-9-16-8-6-11-17-10-2-4-13-19(17)14-5-3-12-18(16)19/h2-6,8-13,20H,7,14-15H2,1H3. The topological polar surface area (TPSA) is 12.0 Å². The first kappa shape index (κ1) is 13.1. The molecule has 20 heavy (non-hydrogen) atoms. The molecule has 0 amide bonds. The third-order valence-electron chi connectivity index (χ3n) is 4.22. The summed E-state index contributed by atoms with van der Waals surface area (Å²) in [6, 6.07) is 0. The third kappa shape index (κ3) is 2.19. The predicted octanol–water partition coefficient (Wildman–Crippen LogP) is 4.02. The van der Waals surface area contributed by atoms with Gasteiger partial charge in [0.1, 0.15) is 0 Å². The molecule has 1 spiro atoms. The van der Waals surface area contributed by atoms with Crippen LogP contribution in [0.25, 0.3) is 0 Å². The second-order valence-electron chi connectivity index (χ2n) is 5.44. The van der Waals surface area contributed by atoms with E-state index in [-0.39, 0.29) is 5.41 Å². The van der Waals surface area contributed by atoms with E-state index < -0.39 is 0 Å². The van der Waals surface area contributed by atoms with Gasteiger partial charge in [0.15, 0.2) is 0 Å². The predicted molar refractivity (Wildman–Crippen MR) is 86.4 cm³/mol. The number of allylic oxidation sites excluding steroid dienone is 13. The zero-order chi connectivity index (χ0) is 13.8. The first-order chi connectivity index (χ1) is 9.87. The lowest BCUT2D eigenvalue weighted by Crippen LogP contribution is -2.25. The molecule has 3 aliphatic carbocycles. The fraction of sp³-hybridized carbons (Fsp3) is 0.263. The van der Waals surface area contributed by atoms with Crippen molar-refractivity contribution in [2.24, 2.45) is 5.41 Å². The summed E-state index contributed by atoms with van der Waals surface area (Å²) < 4.78 is 0. The molecule has 1 N–H and O–H groups in total. The maximum atomic E-state index is 3.21. The monoisotopic (exact) mass is 263 g/mol. The van der Waals surface area contributed by atoms with Crippen LogP contribution in [0, 0.1) is 5.41 Å². The minimum atomic E-state index is 0.0402. The van der Waals surface area contributed by atoms with Gasteiger partial charge in [-0.15, -0.1) is 0 Å². The Morgan fingerprint density at radius 3 is 3.00 bits per heavy atom. The van der Waals surface area contributed by atoms with Crippen molar-refractivity contribution in [1.29, 1.82) is 0 Å². The van der Waals surface area contributed by atoms with E-state index in [1.165, 1.54) is 16.7 Å². The zero-order valence-corrected chi connectivity index (χ0v) is 12.0. The normalized spacial score (nSPS) is 28.8. The summed E-state index contributed by atoms with van der Waals surface area (Å²) in [6.07, 6.45) is 26.8. The van der Waals surface area contributed by atoms with E-state index in [2.05, 4.69) is 72.2 Å². The van der Waals surface area contributed by atoms with Crippen LogP contribution in [-0.4, -0.2) is 13.6 Å². The van der Waals surface area contributed by atoms with Gasteiger partial charge in [-0.2, -0.15) is 0 Å². The lowest BCUT2D eigenvalue weighted by molar-refractivity contribution is 0.569. The Morgan fingerprint density at radius 1 is 1.15 bits per heavy atom. The fourth-order valence-electron chi connectivity index (χ4n) is 3.19. The molecule has 0 bridgehead atoms. The summed E-state index contributed by atoms with van der Waals surface area (Å²) in [5.74, 6) is 0. The average molecular weight is 263 g/mol. The van der Waals surface area contributed by atoms with E-state index in [0.29, 0.717) is 0 Å². The van der Waals surface area contributed by atoms with E-state index in [0.717, 1.165) is 19.4 Å². The summed E-state index contributed by atoms with van der Waals surface area (Å²) in [6.45, 7) is 1.02. The highest BCUT2D eigenvalue weighted by molar-refractivity contribution is 5.61. The van der Waals surface area contributed by atoms with Gasteiger partial charge in [-0.25, -0.2) is 0 Å². The second-order valence-corrected chi connectivity index (χ2v) is 5.44. The Bertz CT molecular complexity index is 593. The van der Waals surface area contributed by atoms with Crippen LogP contribution < -0.4 is 5.32 Å². The first-order valence-corrected chi connectivity index (χ1v) is 7.34. The van der Waals surface area contributed by atoms with Gasteiger partial charge >= 0.3 is 0 Å². The van der Waals surface area contributed by atoms with Crippen molar-refractivity contribution in [2.45, 2.75) is 12.8 Å². The molecule has 0 aliphatic heterocycles. The highest BCUT2D eigenvalue weighted by atomic mass is 14.8. The summed E-state index contributed by atoms with van der Waals surface area (Å²) >= 11 is 0. The van der Waals surface area contributed by atoms with E-state index in [4.69, 9.17) is 0 Å². The van der Waals surface area contributed by atoms with Crippen molar-refractivity contribution in [1.82, 2.24) is 5.32 Å². The van der Waals surface area contributed by atoms with E-state index in [9.17, 15) is 0 Å².